The zero-order valence-electron chi connectivity index (χ0n) is 14.2. The average Bonchev–Trinajstić information content (AvgIpc) is 3.24. The molecule has 1 aromatic carbocycles. The molecular formula is C19H27N3O2. The minimum atomic E-state index is -0.165. The van der Waals surface area contributed by atoms with Gasteiger partial charge in [0.05, 0.1) is 0 Å². The van der Waals surface area contributed by atoms with Crippen LogP contribution in [0.5, 0.6) is 0 Å². The first-order valence-corrected chi connectivity index (χ1v) is 9.21. The van der Waals surface area contributed by atoms with Gasteiger partial charge in [0.1, 0.15) is 6.61 Å². The Morgan fingerprint density at radius 3 is 2.67 bits per heavy atom. The third-order valence-corrected chi connectivity index (χ3v) is 5.74. The first kappa shape index (κ1) is 15.9. The molecule has 130 valence electrons. The van der Waals surface area contributed by atoms with E-state index in [4.69, 9.17) is 4.74 Å². The molecule has 4 rings (SSSR count). The number of likely N-dealkylation sites (tertiary alicyclic amines) is 2. The number of piperidine rings is 1. The summed E-state index contributed by atoms with van der Waals surface area (Å²) in [5, 5.41) is 3.56. The van der Waals surface area contributed by atoms with Crippen molar-refractivity contribution in [3.05, 3.63) is 35.9 Å². The van der Waals surface area contributed by atoms with Crippen LogP contribution in [0.3, 0.4) is 0 Å². The second kappa shape index (κ2) is 7.11. The Kier molecular flexibility index (Phi) is 4.72. The van der Waals surface area contributed by atoms with E-state index in [9.17, 15) is 4.79 Å². The van der Waals surface area contributed by atoms with Crippen LogP contribution in [0.2, 0.25) is 0 Å². The van der Waals surface area contributed by atoms with E-state index in [1.165, 1.54) is 19.5 Å². The number of nitrogens with zero attached hydrogens (tertiary/aromatic N) is 2. The van der Waals surface area contributed by atoms with E-state index >= 15 is 0 Å². The Morgan fingerprint density at radius 1 is 1.21 bits per heavy atom. The molecule has 3 aliphatic rings. The van der Waals surface area contributed by atoms with Gasteiger partial charge in [-0.1, -0.05) is 30.3 Å². The van der Waals surface area contributed by atoms with Crippen molar-refractivity contribution in [3.8, 4) is 0 Å². The van der Waals surface area contributed by atoms with Crippen LogP contribution in [0.25, 0.3) is 0 Å². The van der Waals surface area contributed by atoms with Gasteiger partial charge in [-0.3, -0.25) is 4.90 Å². The molecule has 0 aromatic heterocycles. The number of ether oxygens (including phenoxy) is 1. The molecule has 0 radical (unpaired) electrons. The van der Waals surface area contributed by atoms with Gasteiger partial charge in [-0.2, -0.15) is 0 Å². The summed E-state index contributed by atoms with van der Waals surface area (Å²) in [6.07, 6.45) is 3.36. The van der Waals surface area contributed by atoms with Gasteiger partial charge in [0, 0.05) is 44.8 Å². The predicted molar refractivity (Wildman–Crippen MR) is 92.7 cm³/mol. The van der Waals surface area contributed by atoms with Crippen LogP contribution < -0.4 is 5.32 Å². The van der Waals surface area contributed by atoms with Crippen molar-refractivity contribution in [2.75, 3.05) is 32.7 Å². The van der Waals surface area contributed by atoms with Crippen molar-refractivity contribution in [2.24, 2.45) is 5.92 Å². The number of benzene rings is 1. The highest BCUT2D eigenvalue weighted by molar-refractivity contribution is 5.67. The zero-order valence-corrected chi connectivity index (χ0v) is 14.2. The predicted octanol–water partition coefficient (Wildman–Crippen LogP) is 2.08. The molecule has 1 N–H and O–H groups in total. The third-order valence-electron chi connectivity index (χ3n) is 5.74. The Morgan fingerprint density at radius 2 is 2.00 bits per heavy atom. The van der Waals surface area contributed by atoms with Crippen LogP contribution >= 0.6 is 0 Å². The van der Waals surface area contributed by atoms with Gasteiger partial charge in [-0.25, -0.2) is 4.79 Å². The van der Waals surface area contributed by atoms with Gasteiger partial charge in [0.2, 0.25) is 0 Å². The lowest BCUT2D eigenvalue weighted by atomic mass is 9.96. The molecule has 3 fully saturated rings. The van der Waals surface area contributed by atoms with E-state index in [1.54, 1.807) is 0 Å². The van der Waals surface area contributed by atoms with Gasteiger partial charge in [0.15, 0.2) is 0 Å². The Hall–Kier alpha value is -1.59. The maximum absolute atomic E-state index is 12.2. The summed E-state index contributed by atoms with van der Waals surface area (Å²) < 4.78 is 5.44. The monoisotopic (exact) mass is 329 g/mol. The number of hydrogen-bond acceptors (Lipinski definition) is 4. The fourth-order valence-corrected chi connectivity index (χ4v) is 4.31. The molecular weight excluding hydrogens is 302 g/mol. The quantitative estimate of drug-likeness (QED) is 0.919. The lowest BCUT2D eigenvalue weighted by Crippen LogP contribution is -2.47. The van der Waals surface area contributed by atoms with E-state index < -0.39 is 0 Å². The van der Waals surface area contributed by atoms with Crippen molar-refractivity contribution in [3.63, 3.8) is 0 Å². The Bertz CT molecular complexity index is 557. The van der Waals surface area contributed by atoms with Crippen molar-refractivity contribution in [1.29, 1.82) is 0 Å². The minimum absolute atomic E-state index is 0.165. The molecule has 2 atom stereocenters. The van der Waals surface area contributed by atoms with E-state index in [2.05, 4.69) is 10.2 Å². The van der Waals surface area contributed by atoms with Crippen molar-refractivity contribution >= 4 is 6.09 Å². The molecule has 0 spiro atoms. The molecule has 1 amide bonds. The Labute approximate surface area is 144 Å². The summed E-state index contributed by atoms with van der Waals surface area (Å²) in [5.41, 5.74) is 1.04. The summed E-state index contributed by atoms with van der Waals surface area (Å²) in [4.78, 5) is 16.7. The molecule has 5 heteroatoms. The molecule has 24 heavy (non-hydrogen) atoms. The summed E-state index contributed by atoms with van der Waals surface area (Å²) in [5.74, 6) is 0.725. The second-order valence-electron chi connectivity index (χ2n) is 7.42. The molecule has 3 saturated heterocycles. The number of carbonyl (C=O) groups is 1. The molecule has 5 nitrogen and oxygen atoms in total. The molecule has 3 heterocycles. The van der Waals surface area contributed by atoms with Gasteiger partial charge < -0.3 is 15.0 Å². The van der Waals surface area contributed by atoms with Crippen molar-refractivity contribution in [1.82, 2.24) is 15.1 Å². The summed E-state index contributed by atoms with van der Waals surface area (Å²) in [7, 11) is 0. The SMILES string of the molecule is O=C(OCc1ccccc1)N1CCC(CN2C[C@H]3C[C@@H]2CN3)CC1. The first-order chi connectivity index (χ1) is 11.8. The van der Waals surface area contributed by atoms with E-state index in [0.29, 0.717) is 6.61 Å². The number of piperazine rings is 1. The fourth-order valence-electron chi connectivity index (χ4n) is 4.31. The molecule has 0 unspecified atom stereocenters. The van der Waals surface area contributed by atoms with Gasteiger partial charge in [0.25, 0.3) is 0 Å². The van der Waals surface area contributed by atoms with Crippen LogP contribution in [-0.2, 0) is 11.3 Å². The lowest BCUT2D eigenvalue weighted by Gasteiger charge is -2.36. The highest BCUT2D eigenvalue weighted by Gasteiger charge is 2.38. The third kappa shape index (κ3) is 3.57. The summed E-state index contributed by atoms with van der Waals surface area (Å²) >= 11 is 0. The summed E-state index contributed by atoms with van der Waals surface area (Å²) in [6, 6.07) is 11.4. The van der Waals surface area contributed by atoms with E-state index in [1.807, 2.05) is 35.2 Å². The number of amides is 1. The fraction of sp³-hybridized carbons (Fsp3) is 0.632. The van der Waals surface area contributed by atoms with Crippen LogP contribution in [0, 0.1) is 5.92 Å². The zero-order chi connectivity index (χ0) is 16.4. The summed E-state index contributed by atoms with van der Waals surface area (Å²) in [6.45, 7) is 5.61. The van der Waals surface area contributed by atoms with E-state index in [-0.39, 0.29) is 6.09 Å². The van der Waals surface area contributed by atoms with Crippen LogP contribution in [0.15, 0.2) is 30.3 Å². The first-order valence-electron chi connectivity index (χ1n) is 9.21. The number of rotatable bonds is 4. The maximum Gasteiger partial charge on any atom is 0.410 e. The smallest absolute Gasteiger partial charge is 0.410 e. The molecule has 3 aliphatic heterocycles. The number of carbonyl (C=O) groups excluding carboxylic acids is 1. The maximum atomic E-state index is 12.2. The number of hydrogen-bond donors (Lipinski definition) is 1. The van der Waals surface area contributed by atoms with E-state index in [0.717, 1.165) is 56.0 Å². The highest BCUT2D eigenvalue weighted by Crippen LogP contribution is 2.27. The van der Waals surface area contributed by atoms with Crippen molar-refractivity contribution < 1.29 is 9.53 Å². The molecule has 2 bridgehead atoms. The number of fused-ring (bicyclic) bond motifs is 2. The standard InChI is InChI=1S/C19H27N3O2/c23-19(24-14-16-4-2-1-3-5-16)21-8-6-15(7-9-21)12-22-13-17-10-18(22)11-20-17/h1-5,15,17-18,20H,6-14H2/t17-,18-/m1/s1. The molecule has 1 aromatic rings. The normalized spacial score (nSPS) is 27.6. The Balaban J connectivity index is 1.19. The van der Waals surface area contributed by atoms with Crippen LogP contribution in [0.4, 0.5) is 4.79 Å². The molecule has 0 aliphatic carbocycles. The van der Waals surface area contributed by atoms with Gasteiger partial charge in [-0.05, 0) is 30.7 Å². The van der Waals surface area contributed by atoms with Gasteiger partial charge >= 0.3 is 6.09 Å². The largest absolute Gasteiger partial charge is 0.445 e. The second-order valence-corrected chi connectivity index (χ2v) is 7.42. The minimum Gasteiger partial charge on any atom is -0.445 e. The van der Waals surface area contributed by atoms with Crippen LogP contribution in [-0.4, -0.2) is 60.7 Å². The average molecular weight is 329 g/mol. The topological polar surface area (TPSA) is 44.8 Å². The highest BCUT2D eigenvalue weighted by atomic mass is 16.6. The van der Waals surface area contributed by atoms with Crippen LogP contribution in [0.1, 0.15) is 24.8 Å². The number of nitrogens with one attached hydrogen (secondary N) is 1. The van der Waals surface area contributed by atoms with Crippen molar-refractivity contribution in [2.45, 2.75) is 38.0 Å². The molecule has 0 saturated carbocycles. The van der Waals surface area contributed by atoms with Gasteiger partial charge in [-0.15, -0.1) is 0 Å². The lowest BCUT2D eigenvalue weighted by molar-refractivity contribution is 0.0753.